The quantitative estimate of drug-likeness (QED) is 0.712. The molecule has 0 saturated heterocycles. The van der Waals surface area contributed by atoms with Gasteiger partial charge in [-0.2, -0.15) is 0 Å². The molecule has 0 heterocycles. The molecule has 0 aliphatic rings. The number of rotatable bonds is 2. The summed E-state index contributed by atoms with van der Waals surface area (Å²) in [5.41, 5.74) is 2.25. The molecule has 2 nitrogen and oxygen atoms in total. The predicted molar refractivity (Wildman–Crippen MR) is 86.0 cm³/mol. The van der Waals surface area contributed by atoms with Gasteiger partial charge in [0.15, 0.2) is 0 Å². The maximum atomic E-state index is 12.2. The normalized spacial score (nSPS) is 10.3. The van der Waals surface area contributed by atoms with E-state index in [1.807, 2.05) is 19.1 Å². The number of benzene rings is 2. The van der Waals surface area contributed by atoms with Gasteiger partial charge < -0.3 is 5.32 Å². The first-order valence-electron chi connectivity index (χ1n) is 5.51. The minimum absolute atomic E-state index is 0.182. The Bertz CT molecular complexity index is 643. The molecule has 0 atom stereocenters. The fraction of sp³-hybridized carbons (Fsp3) is 0.0714. The number of carbonyl (C=O) groups excluding carboxylic acids is 1. The highest BCUT2D eigenvalue weighted by atomic mass is 79.9. The van der Waals surface area contributed by atoms with Gasteiger partial charge in [-0.15, -0.1) is 0 Å². The van der Waals surface area contributed by atoms with Gasteiger partial charge in [0, 0.05) is 4.47 Å². The molecule has 5 heteroatoms. The van der Waals surface area contributed by atoms with Crippen molar-refractivity contribution in [3.05, 3.63) is 61.5 Å². The third-order valence-electron chi connectivity index (χ3n) is 2.64. The van der Waals surface area contributed by atoms with Crippen LogP contribution in [0.5, 0.6) is 0 Å². The van der Waals surface area contributed by atoms with E-state index in [4.69, 9.17) is 11.6 Å². The van der Waals surface area contributed by atoms with Crippen LogP contribution in [0.4, 0.5) is 5.69 Å². The average molecular weight is 404 g/mol. The molecule has 2 aromatic carbocycles. The summed E-state index contributed by atoms with van der Waals surface area (Å²) in [7, 11) is 0. The number of carbonyl (C=O) groups is 1. The molecule has 1 amide bonds. The van der Waals surface area contributed by atoms with Crippen molar-refractivity contribution in [2.45, 2.75) is 6.92 Å². The first-order chi connectivity index (χ1) is 9.00. The predicted octanol–water partition coefficient (Wildman–Crippen LogP) is 5.43. The highest BCUT2D eigenvalue weighted by Gasteiger charge is 2.13. The van der Waals surface area contributed by atoms with E-state index in [2.05, 4.69) is 37.2 Å². The van der Waals surface area contributed by atoms with Gasteiger partial charge in [-0.1, -0.05) is 29.8 Å². The second-order valence-electron chi connectivity index (χ2n) is 3.99. The Kier molecular flexibility index (Phi) is 4.66. The molecule has 0 spiro atoms. The van der Waals surface area contributed by atoms with Crippen molar-refractivity contribution < 1.29 is 4.79 Å². The topological polar surface area (TPSA) is 29.1 Å². The van der Waals surface area contributed by atoms with Crippen LogP contribution in [0.25, 0.3) is 0 Å². The van der Waals surface area contributed by atoms with Crippen molar-refractivity contribution in [2.24, 2.45) is 0 Å². The van der Waals surface area contributed by atoms with E-state index in [1.165, 1.54) is 0 Å². The van der Waals surface area contributed by atoms with E-state index in [1.54, 1.807) is 24.3 Å². The van der Waals surface area contributed by atoms with Crippen molar-refractivity contribution in [1.29, 1.82) is 0 Å². The van der Waals surface area contributed by atoms with Crippen molar-refractivity contribution >= 4 is 55.1 Å². The van der Waals surface area contributed by atoms with Crippen LogP contribution in [-0.2, 0) is 0 Å². The minimum atomic E-state index is -0.182. The second kappa shape index (κ2) is 6.07. The summed E-state index contributed by atoms with van der Waals surface area (Å²) in [6.45, 7) is 1.94. The van der Waals surface area contributed by atoms with Crippen molar-refractivity contribution in [2.75, 3.05) is 5.32 Å². The Hall–Kier alpha value is -0.840. The molecule has 0 radical (unpaired) electrons. The maximum absolute atomic E-state index is 12.2. The lowest BCUT2D eigenvalue weighted by Gasteiger charge is -2.10. The molecule has 19 heavy (non-hydrogen) atoms. The molecule has 0 fully saturated rings. The largest absolute Gasteiger partial charge is 0.321 e. The zero-order valence-corrected chi connectivity index (χ0v) is 13.9. The number of halogens is 3. The van der Waals surface area contributed by atoms with Gasteiger partial charge in [0.2, 0.25) is 0 Å². The second-order valence-corrected chi connectivity index (χ2v) is 5.99. The SMILES string of the molecule is Cc1cccc(C(=O)Nc2cccc(Cl)c2Br)c1Br. The third kappa shape index (κ3) is 3.19. The lowest BCUT2D eigenvalue weighted by molar-refractivity contribution is 0.102. The number of amides is 1. The smallest absolute Gasteiger partial charge is 0.256 e. The number of nitrogens with one attached hydrogen (secondary N) is 1. The summed E-state index contributed by atoms with van der Waals surface area (Å²) >= 11 is 12.8. The molecule has 0 saturated carbocycles. The lowest BCUT2D eigenvalue weighted by atomic mass is 10.1. The van der Waals surface area contributed by atoms with Crippen molar-refractivity contribution in [3.63, 3.8) is 0 Å². The van der Waals surface area contributed by atoms with Gasteiger partial charge in [0.1, 0.15) is 0 Å². The molecule has 98 valence electrons. The van der Waals surface area contributed by atoms with Crippen molar-refractivity contribution in [3.8, 4) is 0 Å². The van der Waals surface area contributed by atoms with Crippen LogP contribution in [0.3, 0.4) is 0 Å². The van der Waals surface area contributed by atoms with Crippen LogP contribution in [0.2, 0.25) is 5.02 Å². The van der Waals surface area contributed by atoms with Gasteiger partial charge in [-0.25, -0.2) is 0 Å². The Morgan fingerprint density at radius 1 is 1.11 bits per heavy atom. The van der Waals surface area contributed by atoms with E-state index in [-0.39, 0.29) is 5.91 Å². The zero-order chi connectivity index (χ0) is 14.0. The summed E-state index contributed by atoms with van der Waals surface area (Å²) in [6.07, 6.45) is 0. The van der Waals surface area contributed by atoms with E-state index in [0.29, 0.717) is 20.7 Å². The lowest BCUT2D eigenvalue weighted by Crippen LogP contribution is -2.13. The van der Waals surface area contributed by atoms with Crippen molar-refractivity contribution in [1.82, 2.24) is 0 Å². The van der Waals surface area contributed by atoms with Gasteiger partial charge >= 0.3 is 0 Å². The van der Waals surface area contributed by atoms with Gasteiger partial charge in [-0.3, -0.25) is 4.79 Å². The molecule has 2 rings (SSSR count). The summed E-state index contributed by atoms with van der Waals surface area (Å²) in [4.78, 5) is 12.2. The summed E-state index contributed by atoms with van der Waals surface area (Å²) in [5, 5.41) is 3.39. The highest BCUT2D eigenvalue weighted by molar-refractivity contribution is 9.11. The number of anilines is 1. The van der Waals surface area contributed by atoms with Crippen LogP contribution in [-0.4, -0.2) is 5.91 Å². The molecule has 0 aliphatic carbocycles. The number of hydrogen-bond acceptors (Lipinski definition) is 1. The molecular formula is C14H10Br2ClNO. The molecular weight excluding hydrogens is 393 g/mol. The first kappa shape index (κ1) is 14.6. The standard InChI is InChI=1S/C14H10Br2ClNO/c1-8-4-2-5-9(12(8)15)14(19)18-11-7-3-6-10(17)13(11)16/h2-7H,1H3,(H,18,19). The van der Waals surface area contributed by atoms with Gasteiger partial charge in [-0.05, 0) is 62.5 Å². The Morgan fingerprint density at radius 2 is 1.79 bits per heavy atom. The molecule has 0 unspecified atom stereocenters. The average Bonchev–Trinajstić information content (AvgIpc) is 2.38. The van der Waals surface area contributed by atoms with E-state index in [9.17, 15) is 4.79 Å². The summed E-state index contributed by atoms with van der Waals surface area (Å²) < 4.78 is 1.47. The Balaban J connectivity index is 2.31. The van der Waals surface area contributed by atoms with Crippen LogP contribution < -0.4 is 5.32 Å². The fourth-order valence-corrected chi connectivity index (χ4v) is 2.60. The van der Waals surface area contributed by atoms with Gasteiger partial charge in [0.05, 0.1) is 20.7 Å². The van der Waals surface area contributed by atoms with Crippen LogP contribution in [0.1, 0.15) is 15.9 Å². The van der Waals surface area contributed by atoms with E-state index in [0.717, 1.165) is 10.0 Å². The summed E-state index contributed by atoms with van der Waals surface area (Å²) in [6, 6.07) is 10.9. The third-order valence-corrected chi connectivity index (χ3v) is 5.09. The van der Waals surface area contributed by atoms with Crippen LogP contribution in [0.15, 0.2) is 45.3 Å². The Labute approximate surface area is 133 Å². The van der Waals surface area contributed by atoms with Gasteiger partial charge in [0.25, 0.3) is 5.91 Å². The minimum Gasteiger partial charge on any atom is -0.321 e. The Morgan fingerprint density at radius 3 is 2.53 bits per heavy atom. The highest BCUT2D eigenvalue weighted by Crippen LogP contribution is 2.31. The monoisotopic (exact) mass is 401 g/mol. The summed E-state index contributed by atoms with van der Waals surface area (Å²) in [5.74, 6) is -0.182. The molecule has 0 aromatic heterocycles. The van der Waals surface area contributed by atoms with E-state index >= 15 is 0 Å². The molecule has 1 N–H and O–H groups in total. The van der Waals surface area contributed by atoms with Crippen LogP contribution >= 0.6 is 43.5 Å². The van der Waals surface area contributed by atoms with Crippen LogP contribution in [0, 0.1) is 6.92 Å². The number of aryl methyl sites for hydroxylation is 1. The maximum Gasteiger partial charge on any atom is 0.256 e. The number of hydrogen-bond donors (Lipinski definition) is 1. The fourth-order valence-electron chi connectivity index (χ4n) is 1.61. The first-order valence-corrected chi connectivity index (χ1v) is 7.47. The molecule has 2 aromatic rings. The molecule has 0 aliphatic heterocycles. The molecule has 0 bridgehead atoms. The zero-order valence-electron chi connectivity index (χ0n) is 10.0. The van der Waals surface area contributed by atoms with E-state index < -0.39 is 0 Å².